The number of rotatable bonds is 0. The Kier molecular flexibility index (Phi) is 3.53. The van der Waals surface area contributed by atoms with Crippen molar-refractivity contribution in [3.05, 3.63) is 152 Å². The molecule has 4 nitrogen and oxygen atoms in total. The van der Waals surface area contributed by atoms with Crippen LogP contribution in [-0.2, 0) is 0 Å². The highest BCUT2D eigenvalue weighted by atomic mass is 16.1. The van der Waals surface area contributed by atoms with Crippen LogP contribution in [-0.4, -0.2) is 23.1 Å². The number of hydrogen-bond acceptors (Lipinski definition) is 4. The summed E-state index contributed by atoms with van der Waals surface area (Å²) in [6.07, 6.45) is 11.4. The van der Waals surface area contributed by atoms with Gasteiger partial charge in [0.1, 0.15) is 0 Å². The number of hydrogen-bond donors (Lipinski definition) is 0. The molecule has 4 heteroatoms. The largest absolute Gasteiger partial charge is 0.289 e. The summed E-state index contributed by atoms with van der Waals surface area (Å²) < 4.78 is 0. The number of allylic oxidation sites excluding steroid dienone is 14. The SMILES string of the molecule is O=C1C2=CC3=CC=C4C5=C(C=C6C=CC(=C2C(=O)c2ccccc21)[C@@H]3[C@@H]64)C(=O)c1ccccc1C5=O. The highest BCUT2D eigenvalue weighted by Crippen LogP contribution is 2.55. The van der Waals surface area contributed by atoms with Crippen LogP contribution in [0.5, 0.6) is 0 Å². The van der Waals surface area contributed by atoms with E-state index in [2.05, 4.69) is 0 Å². The molecular weight excluding hydrogens is 448 g/mol. The van der Waals surface area contributed by atoms with Crippen molar-refractivity contribution in [1.82, 2.24) is 0 Å². The van der Waals surface area contributed by atoms with Gasteiger partial charge in [0.25, 0.3) is 0 Å². The van der Waals surface area contributed by atoms with E-state index in [4.69, 9.17) is 0 Å². The molecule has 0 heterocycles. The summed E-state index contributed by atoms with van der Waals surface area (Å²) in [4.78, 5) is 54.1. The molecule has 0 unspecified atom stereocenters. The molecule has 2 aromatic carbocycles. The van der Waals surface area contributed by atoms with Gasteiger partial charge in [0.2, 0.25) is 0 Å². The standard InChI is InChI=1S/C32H16O4/c33-29-17-5-1-3-7-19(17)31(35)27-21-11-10-16-14-24-28(32(36)20-8-4-2-6-18(20)30(24)34)22-12-9-15(13-23(27)29)25(21)26(16)22/h1-14,25-26H/t25-,26+. The maximum absolute atomic E-state index is 13.6. The molecule has 6 aliphatic carbocycles. The van der Waals surface area contributed by atoms with Crippen molar-refractivity contribution < 1.29 is 19.2 Å². The lowest BCUT2D eigenvalue weighted by molar-refractivity contribution is 0.0970. The second-order valence-electron chi connectivity index (χ2n) is 9.81. The van der Waals surface area contributed by atoms with Crippen molar-refractivity contribution in [3.8, 4) is 0 Å². The minimum atomic E-state index is -0.198. The normalized spacial score (nSPS) is 24.7. The van der Waals surface area contributed by atoms with E-state index in [9.17, 15) is 19.2 Å². The van der Waals surface area contributed by atoms with Crippen molar-refractivity contribution in [2.24, 2.45) is 11.8 Å². The van der Waals surface area contributed by atoms with Gasteiger partial charge in [-0.15, -0.1) is 0 Å². The Bertz CT molecular complexity index is 1790. The van der Waals surface area contributed by atoms with Crippen LogP contribution in [0.2, 0.25) is 0 Å². The van der Waals surface area contributed by atoms with Gasteiger partial charge in [-0.05, 0) is 34.4 Å². The zero-order chi connectivity index (χ0) is 24.3. The molecule has 0 amide bonds. The van der Waals surface area contributed by atoms with Gasteiger partial charge >= 0.3 is 0 Å². The smallest absolute Gasteiger partial charge is 0.194 e. The fourth-order valence-electron chi connectivity index (χ4n) is 6.61. The number of ketones is 4. The number of carbonyl (C=O) groups excluding carboxylic acids is 4. The molecule has 0 aromatic heterocycles. The third-order valence-electron chi connectivity index (χ3n) is 8.15. The lowest BCUT2D eigenvalue weighted by Gasteiger charge is -2.44. The average Bonchev–Trinajstić information content (AvgIpc) is 2.92. The van der Waals surface area contributed by atoms with E-state index < -0.39 is 0 Å². The average molecular weight is 464 g/mol. The van der Waals surface area contributed by atoms with Gasteiger partial charge in [-0.3, -0.25) is 19.2 Å². The van der Waals surface area contributed by atoms with Gasteiger partial charge in [0.15, 0.2) is 23.1 Å². The second-order valence-corrected chi connectivity index (χ2v) is 9.81. The summed E-state index contributed by atoms with van der Waals surface area (Å²) >= 11 is 0. The fraction of sp³-hybridized carbons (Fsp3) is 0.0625. The van der Waals surface area contributed by atoms with Crippen molar-refractivity contribution in [1.29, 1.82) is 0 Å². The molecule has 6 aliphatic rings. The highest BCUT2D eigenvalue weighted by molar-refractivity contribution is 6.32. The van der Waals surface area contributed by atoms with Crippen LogP contribution >= 0.6 is 0 Å². The van der Waals surface area contributed by atoms with Gasteiger partial charge < -0.3 is 0 Å². The Morgan fingerprint density at radius 3 is 1.83 bits per heavy atom. The zero-order valence-corrected chi connectivity index (χ0v) is 18.9. The van der Waals surface area contributed by atoms with Crippen LogP contribution in [0.1, 0.15) is 41.4 Å². The minimum absolute atomic E-state index is 0.144. The van der Waals surface area contributed by atoms with Crippen LogP contribution in [0.4, 0.5) is 0 Å². The molecule has 2 aromatic rings. The topological polar surface area (TPSA) is 68.3 Å². The van der Waals surface area contributed by atoms with Crippen LogP contribution in [0.25, 0.3) is 0 Å². The van der Waals surface area contributed by atoms with E-state index in [0.717, 1.165) is 22.3 Å². The molecular formula is C32H16O4. The first-order valence-electron chi connectivity index (χ1n) is 11.9. The Morgan fingerprint density at radius 1 is 0.528 bits per heavy atom. The van der Waals surface area contributed by atoms with Crippen molar-refractivity contribution in [2.75, 3.05) is 0 Å². The van der Waals surface area contributed by atoms with Gasteiger partial charge in [-0.25, -0.2) is 0 Å². The summed E-state index contributed by atoms with van der Waals surface area (Å²) in [5.41, 5.74) is 6.96. The predicted molar refractivity (Wildman–Crippen MR) is 133 cm³/mol. The third kappa shape index (κ3) is 2.20. The van der Waals surface area contributed by atoms with Crippen molar-refractivity contribution in [3.63, 3.8) is 0 Å². The molecule has 168 valence electrons. The number of fused-ring (bicyclic) bond motifs is 4. The van der Waals surface area contributed by atoms with Gasteiger partial charge in [0.05, 0.1) is 0 Å². The Morgan fingerprint density at radius 2 is 1.14 bits per heavy atom. The maximum Gasteiger partial charge on any atom is 0.194 e. The molecule has 0 aliphatic heterocycles. The number of benzene rings is 2. The lowest BCUT2D eigenvalue weighted by Crippen LogP contribution is -2.37. The zero-order valence-electron chi connectivity index (χ0n) is 18.9. The first-order chi connectivity index (χ1) is 17.5. The molecule has 36 heavy (non-hydrogen) atoms. The molecule has 0 bridgehead atoms. The molecule has 2 atom stereocenters. The van der Waals surface area contributed by atoms with E-state index in [-0.39, 0.29) is 35.0 Å². The van der Waals surface area contributed by atoms with Gasteiger partial charge in [-0.2, -0.15) is 0 Å². The van der Waals surface area contributed by atoms with E-state index >= 15 is 0 Å². The minimum Gasteiger partial charge on any atom is -0.289 e. The molecule has 0 spiro atoms. The molecule has 8 rings (SSSR count). The molecule has 0 fully saturated rings. The quantitative estimate of drug-likeness (QED) is 0.532. The first-order valence-corrected chi connectivity index (χ1v) is 11.9. The molecule has 0 saturated carbocycles. The summed E-state index contributed by atoms with van der Waals surface area (Å²) in [5.74, 6) is -0.975. The summed E-state index contributed by atoms with van der Waals surface area (Å²) in [7, 11) is 0. The first kappa shape index (κ1) is 19.6. The monoisotopic (exact) mass is 464 g/mol. The summed E-state index contributed by atoms with van der Waals surface area (Å²) in [6, 6.07) is 13.9. The molecule has 0 saturated heterocycles. The molecule has 0 radical (unpaired) electrons. The summed E-state index contributed by atoms with van der Waals surface area (Å²) in [5, 5.41) is 0. The number of carbonyl (C=O) groups is 4. The molecule has 0 N–H and O–H groups in total. The van der Waals surface area contributed by atoms with Crippen molar-refractivity contribution in [2.45, 2.75) is 0 Å². The van der Waals surface area contributed by atoms with Gasteiger partial charge in [-0.1, -0.05) is 72.8 Å². The highest BCUT2D eigenvalue weighted by Gasteiger charge is 2.48. The van der Waals surface area contributed by atoms with E-state index in [1.54, 1.807) is 48.5 Å². The summed E-state index contributed by atoms with van der Waals surface area (Å²) in [6.45, 7) is 0. The van der Waals surface area contributed by atoms with Crippen LogP contribution in [0, 0.1) is 11.8 Å². The van der Waals surface area contributed by atoms with Crippen molar-refractivity contribution >= 4 is 23.1 Å². The van der Waals surface area contributed by atoms with Crippen LogP contribution in [0.15, 0.2) is 130 Å². The van der Waals surface area contributed by atoms with Crippen LogP contribution in [0.3, 0.4) is 0 Å². The Labute approximate surface area is 206 Å². The lowest BCUT2D eigenvalue weighted by atomic mass is 9.58. The Hall–Kier alpha value is -4.70. The maximum atomic E-state index is 13.6. The van der Waals surface area contributed by atoms with E-state index in [1.165, 1.54) is 0 Å². The number of Topliss-reactive ketones (excluding diaryl/α,β-unsaturated/α-hetero) is 4. The fourth-order valence-corrected chi connectivity index (χ4v) is 6.61. The Balaban J connectivity index is 1.38. The van der Waals surface area contributed by atoms with Gasteiger partial charge in [0, 0.05) is 56.4 Å². The van der Waals surface area contributed by atoms with Crippen LogP contribution < -0.4 is 0 Å². The van der Waals surface area contributed by atoms with E-state index in [0.29, 0.717) is 44.5 Å². The predicted octanol–water partition coefficient (Wildman–Crippen LogP) is 5.29. The van der Waals surface area contributed by atoms with E-state index in [1.807, 2.05) is 36.5 Å². The second kappa shape index (κ2) is 6.49. The third-order valence-corrected chi connectivity index (χ3v) is 8.15.